The molecular formula is C11H15N3O3. The molecule has 0 heterocycles. The number of nitrogens with two attached hydrogens (primary N) is 1. The van der Waals surface area contributed by atoms with E-state index in [0.717, 1.165) is 0 Å². The molecule has 0 radical (unpaired) electrons. The van der Waals surface area contributed by atoms with Gasteiger partial charge in [-0.1, -0.05) is 23.4 Å². The van der Waals surface area contributed by atoms with Crippen LogP contribution in [-0.2, 0) is 0 Å². The monoisotopic (exact) mass is 237 g/mol. The molecule has 4 N–H and O–H groups in total. The summed E-state index contributed by atoms with van der Waals surface area (Å²) in [6.07, 6.45) is -0.324. The molecule has 1 aromatic rings. The average Bonchev–Trinajstić information content (AvgIpc) is 2.29. The predicted molar refractivity (Wildman–Crippen MR) is 63.1 cm³/mol. The summed E-state index contributed by atoms with van der Waals surface area (Å²) in [6, 6.07) is 8.43. The summed E-state index contributed by atoms with van der Waals surface area (Å²) in [4.78, 5) is 11.4. The van der Waals surface area contributed by atoms with Crippen molar-refractivity contribution < 1.29 is 14.7 Å². The molecule has 0 fully saturated rings. The lowest BCUT2D eigenvalue weighted by Gasteiger charge is -2.12. The minimum atomic E-state index is -0.575. The van der Waals surface area contributed by atoms with Gasteiger partial charge < -0.3 is 21.0 Å². The fraction of sp³-hybridized carbons (Fsp3) is 0.273. The number of oxime groups is 1. The highest BCUT2D eigenvalue weighted by molar-refractivity contribution is 5.81. The molecule has 17 heavy (non-hydrogen) atoms. The van der Waals surface area contributed by atoms with Gasteiger partial charge in [0, 0.05) is 12.5 Å². The number of amides is 1. The Labute approximate surface area is 99.1 Å². The molecule has 1 unspecified atom stereocenters. The number of benzene rings is 1. The Hall–Kier alpha value is -2.24. The molecule has 1 aromatic carbocycles. The molecule has 0 saturated carbocycles. The van der Waals surface area contributed by atoms with E-state index in [0.29, 0.717) is 5.75 Å². The summed E-state index contributed by atoms with van der Waals surface area (Å²) in [5, 5.41) is 13.8. The first-order valence-electron chi connectivity index (χ1n) is 5.11. The smallest absolute Gasteiger partial charge is 0.410 e. The van der Waals surface area contributed by atoms with Crippen molar-refractivity contribution >= 4 is 11.9 Å². The van der Waals surface area contributed by atoms with E-state index in [2.05, 4.69) is 10.5 Å². The number of rotatable bonds is 4. The van der Waals surface area contributed by atoms with Gasteiger partial charge in [0.1, 0.15) is 11.6 Å². The Morgan fingerprint density at radius 1 is 1.53 bits per heavy atom. The number of para-hydroxylation sites is 1. The van der Waals surface area contributed by atoms with E-state index in [9.17, 15) is 4.79 Å². The number of amidine groups is 1. The van der Waals surface area contributed by atoms with E-state index >= 15 is 0 Å². The Kier molecular flexibility index (Phi) is 4.80. The van der Waals surface area contributed by atoms with Crippen LogP contribution in [0.25, 0.3) is 0 Å². The van der Waals surface area contributed by atoms with Crippen molar-refractivity contribution in [1.82, 2.24) is 5.32 Å². The second kappa shape index (κ2) is 6.37. The van der Waals surface area contributed by atoms with Gasteiger partial charge in [0.15, 0.2) is 0 Å². The minimum Gasteiger partial charge on any atom is -0.410 e. The second-order valence-corrected chi connectivity index (χ2v) is 3.54. The van der Waals surface area contributed by atoms with Crippen molar-refractivity contribution in [2.24, 2.45) is 10.9 Å². The lowest BCUT2D eigenvalue weighted by Crippen LogP contribution is -2.37. The SMILES string of the molecule is CC(CC(N)=NO)NC(=O)Oc1ccccc1. The molecule has 0 bridgehead atoms. The highest BCUT2D eigenvalue weighted by Gasteiger charge is 2.10. The van der Waals surface area contributed by atoms with Crippen LogP contribution in [0.1, 0.15) is 13.3 Å². The average molecular weight is 237 g/mol. The van der Waals surface area contributed by atoms with Gasteiger partial charge in [0.05, 0.1) is 0 Å². The van der Waals surface area contributed by atoms with Crippen LogP contribution >= 0.6 is 0 Å². The maximum Gasteiger partial charge on any atom is 0.412 e. The molecule has 92 valence electrons. The highest BCUT2D eigenvalue weighted by atomic mass is 16.6. The van der Waals surface area contributed by atoms with Gasteiger partial charge in [-0.15, -0.1) is 0 Å². The third kappa shape index (κ3) is 4.87. The number of nitrogens with zero attached hydrogens (tertiary/aromatic N) is 1. The van der Waals surface area contributed by atoms with Gasteiger partial charge in [-0.05, 0) is 19.1 Å². The topological polar surface area (TPSA) is 96.9 Å². The molecule has 1 rings (SSSR count). The van der Waals surface area contributed by atoms with Gasteiger partial charge >= 0.3 is 6.09 Å². The number of ether oxygens (including phenoxy) is 1. The van der Waals surface area contributed by atoms with Crippen molar-refractivity contribution in [1.29, 1.82) is 0 Å². The molecule has 6 heteroatoms. The third-order valence-corrected chi connectivity index (χ3v) is 1.96. The maximum absolute atomic E-state index is 11.4. The molecule has 1 atom stereocenters. The van der Waals surface area contributed by atoms with E-state index in [-0.39, 0.29) is 18.3 Å². The van der Waals surface area contributed by atoms with Gasteiger partial charge in [-0.2, -0.15) is 0 Å². The molecule has 0 saturated heterocycles. The minimum absolute atomic E-state index is 0.0533. The first-order chi connectivity index (χ1) is 8.11. The van der Waals surface area contributed by atoms with Gasteiger partial charge in [-0.25, -0.2) is 4.79 Å². The summed E-state index contributed by atoms with van der Waals surface area (Å²) < 4.78 is 5.01. The zero-order valence-electron chi connectivity index (χ0n) is 9.46. The molecule has 0 spiro atoms. The van der Waals surface area contributed by atoms with E-state index < -0.39 is 6.09 Å². The molecule has 0 aliphatic heterocycles. The van der Waals surface area contributed by atoms with Crippen molar-refractivity contribution in [3.05, 3.63) is 30.3 Å². The van der Waals surface area contributed by atoms with Gasteiger partial charge in [-0.3, -0.25) is 0 Å². The summed E-state index contributed by atoms with van der Waals surface area (Å²) in [7, 11) is 0. The fourth-order valence-electron chi connectivity index (χ4n) is 1.23. The molecule has 0 aromatic heterocycles. The number of carbonyl (C=O) groups excluding carboxylic acids is 1. The third-order valence-electron chi connectivity index (χ3n) is 1.96. The number of nitrogens with one attached hydrogen (secondary N) is 1. The van der Waals surface area contributed by atoms with Crippen LogP contribution in [0.3, 0.4) is 0 Å². The largest absolute Gasteiger partial charge is 0.412 e. The number of hydrogen-bond acceptors (Lipinski definition) is 4. The van der Waals surface area contributed by atoms with E-state index in [1.165, 1.54) is 0 Å². The first kappa shape index (κ1) is 12.8. The molecule has 0 aliphatic carbocycles. The summed E-state index contributed by atoms with van der Waals surface area (Å²) >= 11 is 0. The highest BCUT2D eigenvalue weighted by Crippen LogP contribution is 2.08. The summed E-state index contributed by atoms with van der Waals surface area (Å²) in [6.45, 7) is 1.73. The zero-order chi connectivity index (χ0) is 12.7. The number of hydrogen-bond donors (Lipinski definition) is 3. The summed E-state index contributed by atoms with van der Waals surface area (Å²) in [5.74, 6) is 0.513. The normalized spacial score (nSPS) is 12.9. The van der Waals surface area contributed by atoms with Crippen LogP contribution in [0.2, 0.25) is 0 Å². The van der Waals surface area contributed by atoms with E-state index in [1.54, 1.807) is 31.2 Å². The zero-order valence-corrected chi connectivity index (χ0v) is 9.46. The molecule has 0 aliphatic rings. The summed E-state index contributed by atoms with van der Waals surface area (Å²) in [5.41, 5.74) is 5.31. The van der Waals surface area contributed by atoms with Crippen LogP contribution in [0.5, 0.6) is 5.75 Å². The Morgan fingerprint density at radius 2 is 2.18 bits per heavy atom. The molecule has 6 nitrogen and oxygen atoms in total. The predicted octanol–water partition coefficient (Wildman–Crippen LogP) is 1.30. The van der Waals surface area contributed by atoms with Crippen molar-refractivity contribution in [2.45, 2.75) is 19.4 Å². The van der Waals surface area contributed by atoms with Crippen molar-refractivity contribution in [3.8, 4) is 5.75 Å². The van der Waals surface area contributed by atoms with Gasteiger partial charge in [0.25, 0.3) is 0 Å². The Bertz CT molecular complexity index is 392. The first-order valence-corrected chi connectivity index (χ1v) is 5.11. The Morgan fingerprint density at radius 3 is 2.76 bits per heavy atom. The lowest BCUT2D eigenvalue weighted by atomic mass is 10.2. The fourth-order valence-corrected chi connectivity index (χ4v) is 1.23. The second-order valence-electron chi connectivity index (χ2n) is 3.54. The molecular weight excluding hydrogens is 222 g/mol. The Balaban J connectivity index is 2.40. The lowest BCUT2D eigenvalue weighted by molar-refractivity contribution is 0.197. The standard InChI is InChI=1S/C11H15N3O3/c1-8(7-10(12)14-16)13-11(15)17-9-5-3-2-4-6-9/h2-6,8,16H,7H2,1H3,(H2,12,14)(H,13,15). The van der Waals surface area contributed by atoms with Crippen LogP contribution in [0, 0.1) is 0 Å². The number of carbonyl (C=O) groups is 1. The van der Waals surface area contributed by atoms with Gasteiger partial charge in [0.2, 0.25) is 0 Å². The van der Waals surface area contributed by atoms with Crippen LogP contribution in [0.15, 0.2) is 35.5 Å². The maximum atomic E-state index is 11.4. The van der Waals surface area contributed by atoms with Crippen molar-refractivity contribution in [3.63, 3.8) is 0 Å². The van der Waals surface area contributed by atoms with E-state index in [1.807, 2.05) is 6.07 Å². The van der Waals surface area contributed by atoms with E-state index in [4.69, 9.17) is 15.7 Å². The quantitative estimate of drug-likeness (QED) is 0.318. The van der Waals surface area contributed by atoms with Crippen LogP contribution in [0.4, 0.5) is 4.79 Å². The van der Waals surface area contributed by atoms with Crippen molar-refractivity contribution in [2.75, 3.05) is 0 Å². The van der Waals surface area contributed by atoms with Crippen LogP contribution in [-0.4, -0.2) is 23.2 Å². The molecule has 1 amide bonds. The van der Waals surface area contributed by atoms with Crippen LogP contribution < -0.4 is 15.8 Å².